The van der Waals surface area contributed by atoms with Crippen LogP contribution in [0.25, 0.3) is 0 Å². The van der Waals surface area contributed by atoms with Gasteiger partial charge in [0.1, 0.15) is 6.10 Å². The Morgan fingerprint density at radius 1 is 1.19 bits per heavy atom. The smallest absolute Gasteiger partial charge is 0.330 e. The molecule has 0 bridgehead atoms. The number of ether oxygens (including phenoxy) is 2. The number of aryl methyl sites for hydroxylation is 1. The van der Waals surface area contributed by atoms with E-state index in [0.29, 0.717) is 0 Å². The minimum absolute atomic E-state index is 0.00575. The van der Waals surface area contributed by atoms with E-state index < -0.39 is 20.5 Å². The normalized spacial score (nSPS) is 14.6. The van der Waals surface area contributed by atoms with Crippen LogP contribution in [0.2, 0.25) is 0 Å². The molecule has 2 aromatic rings. The van der Waals surface area contributed by atoms with E-state index >= 15 is 0 Å². The lowest BCUT2D eigenvalue weighted by Gasteiger charge is -2.18. The molecule has 1 heterocycles. The number of aromatic nitrogens is 2. The molecule has 0 amide bonds. The number of methoxy groups -OCH3 is 2. The largest absolute Gasteiger partial charge is 0.481 e. The van der Waals surface area contributed by atoms with E-state index in [0.717, 1.165) is 5.56 Å². The Hall–Kier alpha value is -2.11. The summed E-state index contributed by atoms with van der Waals surface area (Å²) in [5.41, 5.74) is 0.861. The highest BCUT2D eigenvalue weighted by Gasteiger charge is 2.25. The lowest BCUT2D eigenvalue weighted by molar-refractivity contribution is 0.206. The van der Waals surface area contributed by atoms with Gasteiger partial charge in [-0.15, -0.1) is 0 Å². The van der Waals surface area contributed by atoms with Crippen molar-refractivity contribution in [3.63, 3.8) is 0 Å². The maximum absolute atomic E-state index is 12.9. The number of anilines is 1. The van der Waals surface area contributed by atoms with Gasteiger partial charge in [0.2, 0.25) is 11.8 Å². The SMILES string of the molecule is COc1cc(OC)nc(C(O)c2cc(C)ccc2NS(=O)(=S)C(F)F)n1. The molecule has 1 aromatic carbocycles. The van der Waals surface area contributed by atoms with Crippen molar-refractivity contribution in [3.8, 4) is 11.8 Å². The van der Waals surface area contributed by atoms with Gasteiger partial charge in [-0.25, -0.2) is 4.21 Å². The zero-order valence-corrected chi connectivity index (χ0v) is 15.7. The average molecular weight is 405 g/mol. The van der Waals surface area contributed by atoms with Crippen LogP contribution in [0.15, 0.2) is 24.3 Å². The molecule has 2 atom stereocenters. The Balaban J connectivity index is 2.52. The highest BCUT2D eigenvalue weighted by molar-refractivity contribution is 8.33. The van der Waals surface area contributed by atoms with Crippen molar-refractivity contribution in [2.75, 3.05) is 18.9 Å². The van der Waals surface area contributed by atoms with Crippen LogP contribution in [-0.2, 0) is 19.9 Å². The summed E-state index contributed by atoms with van der Waals surface area (Å²) in [5, 5.41) is 10.7. The van der Waals surface area contributed by atoms with Crippen LogP contribution in [0.5, 0.6) is 11.8 Å². The molecule has 0 aliphatic heterocycles. The van der Waals surface area contributed by atoms with Crippen molar-refractivity contribution >= 4 is 25.6 Å². The van der Waals surface area contributed by atoms with Crippen molar-refractivity contribution in [1.29, 1.82) is 0 Å². The Morgan fingerprint density at radius 3 is 2.27 bits per heavy atom. The van der Waals surface area contributed by atoms with Crippen molar-refractivity contribution < 1.29 is 27.6 Å². The van der Waals surface area contributed by atoms with Crippen LogP contribution in [0, 0.1) is 6.92 Å². The van der Waals surface area contributed by atoms with E-state index in [4.69, 9.17) is 9.47 Å². The summed E-state index contributed by atoms with van der Waals surface area (Å²) in [7, 11) is -1.32. The van der Waals surface area contributed by atoms with Crippen LogP contribution >= 0.6 is 0 Å². The number of nitrogens with zero attached hydrogens (tertiary/aromatic N) is 2. The second-order valence-electron chi connectivity index (χ2n) is 5.21. The number of nitrogens with one attached hydrogen (secondary N) is 1. The van der Waals surface area contributed by atoms with Gasteiger partial charge in [-0.3, -0.25) is 4.72 Å². The molecule has 0 aliphatic rings. The molecule has 0 aliphatic carbocycles. The van der Waals surface area contributed by atoms with Crippen molar-refractivity contribution in [3.05, 3.63) is 41.2 Å². The average Bonchev–Trinajstić information content (AvgIpc) is 2.61. The van der Waals surface area contributed by atoms with Gasteiger partial charge in [0.25, 0.3) is 0 Å². The number of rotatable bonds is 7. The van der Waals surface area contributed by atoms with E-state index in [1.165, 1.54) is 32.4 Å². The van der Waals surface area contributed by atoms with Crippen LogP contribution in [0.4, 0.5) is 14.5 Å². The van der Waals surface area contributed by atoms with Gasteiger partial charge in [-0.2, -0.15) is 18.7 Å². The summed E-state index contributed by atoms with van der Waals surface area (Å²) < 4.78 is 49.8. The summed E-state index contributed by atoms with van der Waals surface area (Å²) in [4.78, 5) is 8.08. The Morgan fingerprint density at radius 2 is 1.77 bits per heavy atom. The van der Waals surface area contributed by atoms with Crippen LogP contribution in [0.1, 0.15) is 23.1 Å². The molecule has 0 spiro atoms. The molecule has 7 nitrogen and oxygen atoms in total. The first-order chi connectivity index (χ1) is 12.2. The highest BCUT2D eigenvalue weighted by Crippen LogP contribution is 2.31. The predicted octanol–water partition coefficient (Wildman–Crippen LogP) is 2.18. The van der Waals surface area contributed by atoms with E-state index in [9.17, 15) is 18.1 Å². The molecule has 2 rings (SSSR count). The third kappa shape index (κ3) is 4.54. The first-order valence-electron chi connectivity index (χ1n) is 7.23. The minimum Gasteiger partial charge on any atom is -0.481 e. The Labute approximate surface area is 154 Å². The molecule has 0 saturated heterocycles. The maximum Gasteiger partial charge on any atom is 0.330 e. The van der Waals surface area contributed by atoms with Crippen molar-refractivity contribution in [2.24, 2.45) is 0 Å². The second kappa shape index (κ2) is 8.06. The molecule has 0 fully saturated rings. The fourth-order valence-corrected chi connectivity index (χ4v) is 2.94. The number of halogens is 2. The van der Waals surface area contributed by atoms with Gasteiger partial charge in [0.15, 0.2) is 14.5 Å². The molecule has 26 heavy (non-hydrogen) atoms. The molecule has 142 valence electrons. The first-order valence-corrected chi connectivity index (χ1v) is 9.78. The zero-order chi connectivity index (χ0) is 19.5. The van der Waals surface area contributed by atoms with Crippen LogP contribution < -0.4 is 14.2 Å². The summed E-state index contributed by atoms with van der Waals surface area (Å²) in [6.07, 6.45) is -1.43. The topological polar surface area (TPSA) is 93.6 Å². The number of benzene rings is 1. The quantitative estimate of drug-likeness (QED) is 0.729. The lowest BCUT2D eigenvalue weighted by Crippen LogP contribution is -2.21. The van der Waals surface area contributed by atoms with Gasteiger partial charge < -0.3 is 14.6 Å². The van der Waals surface area contributed by atoms with E-state index in [1.54, 1.807) is 13.0 Å². The standard InChI is InChI=1S/C15H17F2N3O4S2/c1-8-4-5-10(20-26(22,25)15(16)17)9(6-8)13(21)14-18-11(23-2)7-12(19-14)24-3/h4-7,13,15,20-21H,1-3H3. The van der Waals surface area contributed by atoms with Crippen LogP contribution in [0.3, 0.4) is 0 Å². The fourth-order valence-electron chi connectivity index (χ4n) is 2.09. The lowest BCUT2D eigenvalue weighted by atomic mass is 10.0. The number of aliphatic hydroxyl groups excluding tert-OH is 1. The van der Waals surface area contributed by atoms with Gasteiger partial charge in [0, 0.05) is 16.8 Å². The molecular weight excluding hydrogens is 388 g/mol. The maximum atomic E-state index is 12.9. The molecule has 2 N–H and O–H groups in total. The van der Waals surface area contributed by atoms with Crippen LogP contribution in [-0.4, -0.2) is 39.3 Å². The minimum atomic E-state index is -4.08. The summed E-state index contributed by atoms with van der Waals surface area (Å²) in [6.45, 7) is 1.74. The van der Waals surface area contributed by atoms with E-state index in [2.05, 4.69) is 25.9 Å². The highest BCUT2D eigenvalue weighted by atomic mass is 32.8. The van der Waals surface area contributed by atoms with Gasteiger partial charge in [-0.1, -0.05) is 17.7 Å². The number of aliphatic hydroxyl groups is 1. The second-order valence-corrected chi connectivity index (χ2v) is 8.35. The number of hydrogen-bond donors (Lipinski definition) is 2. The molecular formula is C15H17F2N3O4S2. The first kappa shape index (κ1) is 20.2. The van der Waals surface area contributed by atoms with E-state index in [1.807, 2.05) is 0 Å². The molecule has 0 radical (unpaired) electrons. The molecule has 1 aromatic heterocycles. The predicted molar refractivity (Wildman–Crippen MR) is 95.5 cm³/mol. The Bertz CT molecular complexity index is 872. The number of alkyl halides is 2. The monoisotopic (exact) mass is 405 g/mol. The third-order valence-corrected chi connectivity index (χ3v) is 5.01. The van der Waals surface area contributed by atoms with Gasteiger partial charge in [-0.05, 0) is 13.0 Å². The summed E-state index contributed by atoms with van der Waals surface area (Å²) in [5.74, 6) is -3.04. The molecule has 2 unspecified atom stereocenters. The molecule has 0 saturated carbocycles. The fraction of sp³-hybridized carbons (Fsp3) is 0.333. The van der Waals surface area contributed by atoms with Crippen molar-refractivity contribution in [1.82, 2.24) is 9.97 Å². The van der Waals surface area contributed by atoms with Crippen molar-refractivity contribution in [2.45, 2.75) is 18.8 Å². The van der Waals surface area contributed by atoms with Gasteiger partial charge >= 0.3 is 5.76 Å². The van der Waals surface area contributed by atoms with Gasteiger partial charge in [0.05, 0.1) is 26.0 Å². The summed E-state index contributed by atoms with van der Waals surface area (Å²) >= 11 is 4.44. The Kier molecular flexibility index (Phi) is 6.26. The zero-order valence-electron chi connectivity index (χ0n) is 14.1. The molecule has 11 heteroatoms. The summed E-state index contributed by atoms with van der Waals surface area (Å²) in [6, 6.07) is 5.94. The number of hydrogen-bond acceptors (Lipinski definition) is 7. The third-order valence-electron chi connectivity index (χ3n) is 3.35. The van der Waals surface area contributed by atoms with E-state index in [-0.39, 0.29) is 28.8 Å².